The van der Waals surface area contributed by atoms with E-state index in [1.165, 1.54) is 35.0 Å². The third-order valence-electron chi connectivity index (χ3n) is 2.59. The monoisotopic (exact) mass is 281 g/mol. The Morgan fingerprint density at radius 1 is 1.32 bits per heavy atom. The average molecular weight is 282 g/mol. The molecule has 0 saturated carbocycles. The van der Waals surface area contributed by atoms with Gasteiger partial charge in [0.05, 0.1) is 12.1 Å². The lowest BCUT2D eigenvalue weighted by atomic mass is 10.2. The van der Waals surface area contributed by atoms with Gasteiger partial charge in [-0.05, 0) is 23.8 Å². The van der Waals surface area contributed by atoms with Crippen LogP contribution in [-0.4, -0.2) is 15.6 Å². The molecule has 0 atom stereocenters. The number of aromatic carboxylic acids is 1. The first-order valence-corrected chi connectivity index (χ1v) is 5.73. The second kappa shape index (κ2) is 5.24. The highest BCUT2D eigenvalue weighted by Gasteiger charge is 2.08. The zero-order valence-corrected chi connectivity index (χ0v) is 10.4. The summed E-state index contributed by atoms with van der Waals surface area (Å²) < 4.78 is 14.1. The molecule has 1 aromatic carbocycles. The SMILES string of the molecule is O=C(O)c1ccc(=O)n(Cc2ccc(F)cc2Cl)c1. The molecule has 0 fully saturated rings. The minimum atomic E-state index is -1.13. The first kappa shape index (κ1) is 13.3. The molecule has 2 aromatic rings. The van der Waals surface area contributed by atoms with E-state index in [2.05, 4.69) is 0 Å². The van der Waals surface area contributed by atoms with Gasteiger partial charge in [-0.2, -0.15) is 0 Å². The van der Waals surface area contributed by atoms with Crippen molar-refractivity contribution in [3.05, 3.63) is 68.8 Å². The Balaban J connectivity index is 2.40. The summed E-state index contributed by atoms with van der Waals surface area (Å²) in [6.45, 7) is 0.0824. The average Bonchev–Trinajstić information content (AvgIpc) is 2.34. The van der Waals surface area contributed by atoms with E-state index in [0.29, 0.717) is 5.56 Å². The van der Waals surface area contributed by atoms with E-state index in [4.69, 9.17) is 16.7 Å². The number of pyridine rings is 1. The lowest BCUT2D eigenvalue weighted by molar-refractivity contribution is 0.0696. The summed E-state index contributed by atoms with van der Waals surface area (Å²) in [4.78, 5) is 22.5. The zero-order chi connectivity index (χ0) is 14.0. The number of halogens is 2. The molecule has 0 aliphatic rings. The van der Waals surface area contributed by atoms with Crippen LogP contribution >= 0.6 is 11.6 Å². The van der Waals surface area contributed by atoms with Gasteiger partial charge in [0, 0.05) is 17.3 Å². The van der Waals surface area contributed by atoms with Crippen LogP contribution in [0.1, 0.15) is 15.9 Å². The Hall–Kier alpha value is -2.14. The fraction of sp³-hybridized carbons (Fsp3) is 0.0769. The molecule has 0 amide bonds. The summed E-state index contributed by atoms with van der Waals surface area (Å²) in [5, 5.41) is 9.05. The minimum absolute atomic E-state index is 0.00201. The van der Waals surface area contributed by atoms with Gasteiger partial charge in [0.25, 0.3) is 5.56 Å². The summed E-state index contributed by atoms with van der Waals surface area (Å²) in [7, 11) is 0. The number of nitrogens with zero attached hydrogens (tertiary/aromatic N) is 1. The lowest BCUT2D eigenvalue weighted by Gasteiger charge is -2.08. The van der Waals surface area contributed by atoms with Crippen LogP contribution in [0.4, 0.5) is 4.39 Å². The van der Waals surface area contributed by atoms with Crippen molar-refractivity contribution >= 4 is 17.6 Å². The van der Waals surface area contributed by atoms with Crippen molar-refractivity contribution in [3.8, 4) is 0 Å². The van der Waals surface area contributed by atoms with E-state index in [-0.39, 0.29) is 22.7 Å². The van der Waals surface area contributed by atoms with Gasteiger partial charge in [-0.1, -0.05) is 17.7 Å². The van der Waals surface area contributed by atoms with E-state index >= 15 is 0 Å². The van der Waals surface area contributed by atoms with Crippen LogP contribution in [0.15, 0.2) is 41.3 Å². The largest absolute Gasteiger partial charge is 0.478 e. The molecule has 2 rings (SSSR count). The van der Waals surface area contributed by atoms with Crippen molar-refractivity contribution in [3.63, 3.8) is 0 Å². The van der Waals surface area contributed by atoms with Gasteiger partial charge in [0.15, 0.2) is 0 Å². The standard InChI is InChI=1S/C13H9ClFNO3/c14-11-5-10(15)3-1-8(11)6-16-7-9(13(18)19)2-4-12(16)17/h1-5,7H,6H2,(H,18,19). The Morgan fingerprint density at radius 3 is 2.68 bits per heavy atom. The van der Waals surface area contributed by atoms with Gasteiger partial charge >= 0.3 is 5.97 Å². The number of hydrogen-bond acceptors (Lipinski definition) is 2. The molecule has 0 saturated heterocycles. The predicted molar refractivity (Wildman–Crippen MR) is 68.2 cm³/mol. The maximum atomic E-state index is 12.9. The first-order chi connectivity index (χ1) is 8.97. The summed E-state index contributed by atoms with van der Waals surface area (Å²) >= 11 is 5.86. The smallest absolute Gasteiger partial charge is 0.337 e. The highest BCUT2D eigenvalue weighted by molar-refractivity contribution is 6.31. The number of carboxylic acid groups (broad SMARTS) is 1. The summed E-state index contributed by atoms with van der Waals surface area (Å²) in [5.41, 5.74) is 0.177. The molecular formula is C13H9ClFNO3. The van der Waals surface area contributed by atoms with E-state index < -0.39 is 11.8 Å². The summed E-state index contributed by atoms with van der Waals surface area (Å²) in [6, 6.07) is 6.22. The van der Waals surface area contributed by atoms with Crippen molar-refractivity contribution in [2.24, 2.45) is 0 Å². The highest BCUT2D eigenvalue weighted by atomic mass is 35.5. The number of carbonyl (C=O) groups is 1. The Labute approximate surface area is 112 Å². The minimum Gasteiger partial charge on any atom is -0.478 e. The Morgan fingerprint density at radius 2 is 2.05 bits per heavy atom. The molecule has 0 bridgehead atoms. The van der Waals surface area contributed by atoms with Crippen molar-refractivity contribution in [1.29, 1.82) is 0 Å². The maximum Gasteiger partial charge on any atom is 0.337 e. The van der Waals surface area contributed by atoms with Crippen LogP contribution < -0.4 is 5.56 Å². The van der Waals surface area contributed by atoms with Crippen LogP contribution in [0.25, 0.3) is 0 Å². The van der Waals surface area contributed by atoms with Crippen molar-refractivity contribution < 1.29 is 14.3 Å². The molecule has 1 heterocycles. The van der Waals surface area contributed by atoms with Crippen molar-refractivity contribution in [2.45, 2.75) is 6.54 Å². The molecule has 1 N–H and O–H groups in total. The van der Waals surface area contributed by atoms with Gasteiger partial charge in [-0.15, -0.1) is 0 Å². The molecule has 0 aliphatic heterocycles. The molecule has 19 heavy (non-hydrogen) atoms. The van der Waals surface area contributed by atoms with Crippen LogP contribution in [0, 0.1) is 5.82 Å². The topological polar surface area (TPSA) is 59.3 Å². The fourth-order valence-corrected chi connectivity index (χ4v) is 1.84. The van der Waals surface area contributed by atoms with Crippen molar-refractivity contribution in [2.75, 3.05) is 0 Å². The number of rotatable bonds is 3. The summed E-state index contributed by atoms with van der Waals surface area (Å²) in [6.07, 6.45) is 1.23. The normalized spacial score (nSPS) is 10.4. The molecule has 0 unspecified atom stereocenters. The van der Waals surface area contributed by atoms with E-state index in [0.717, 1.165) is 6.07 Å². The van der Waals surface area contributed by atoms with Crippen LogP contribution in [0.5, 0.6) is 0 Å². The Kier molecular flexibility index (Phi) is 3.66. The molecule has 98 valence electrons. The number of hydrogen-bond donors (Lipinski definition) is 1. The predicted octanol–water partition coefficient (Wildman–Crippen LogP) is 2.39. The fourth-order valence-electron chi connectivity index (χ4n) is 1.61. The second-order valence-electron chi connectivity index (χ2n) is 3.92. The maximum absolute atomic E-state index is 12.9. The van der Waals surface area contributed by atoms with Gasteiger partial charge in [-0.25, -0.2) is 9.18 Å². The zero-order valence-electron chi connectivity index (χ0n) is 9.64. The third-order valence-corrected chi connectivity index (χ3v) is 2.94. The molecule has 0 aliphatic carbocycles. The van der Waals surface area contributed by atoms with Gasteiger partial charge < -0.3 is 9.67 Å². The third kappa shape index (κ3) is 3.00. The van der Waals surface area contributed by atoms with E-state index in [1.54, 1.807) is 0 Å². The molecule has 0 spiro atoms. The quantitative estimate of drug-likeness (QED) is 0.940. The second-order valence-corrected chi connectivity index (χ2v) is 4.33. The molecule has 0 radical (unpaired) electrons. The molecule has 1 aromatic heterocycles. The van der Waals surface area contributed by atoms with Gasteiger partial charge in [0.2, 0.25) is 0 Å². The van der Waals surface area contributed by atoms with E-state index in [9.17, 15) is 14.0 Å². The summed E-state index contributed by atoms with van der Waals surface area (Å²) in [5.74, 6) is -1.60. The lowest BCUT2D eigenvalue weighted by Crippen LogP contribution is -2.20. The van der Waals surface area contributed by atoms with Gasteiger partial charge in [0.1, 0.15) is 5.82 Å². The Bertz CT molecular complexity index is 697. The van der Waals surface area contributed by atoms with Crippen LogP contribution in [0.3, 0.4) is 0 Å². The molecule has 6 heteroatoms. The first-order valence-electron chi connectivity index (χ1n) is 5.35. The number of aromatic nitrogens is 1. The van der Waals surface area contributed by atoms with Crippen LogP contribution in [-0.2, 0) is 6.54 Å². The molecule has 4 nitrogen and oxygen atoms in total. The molecular weight excluding hydrogens is 273 g/mol. The highest BCUT2D eigenvalue weighted by Crippen LogP contribution is 2.17. The van der Waals surface area contributed by atoms with Crippen LogP contribution in [0.2, 0.25) is 5.02 Å². The number of carboxylic acids is 1. The number of benzene rings is 1. The van der Waals surface area contributed by atoms with Crippen molar-refractivity contribution in [1.82, 2.24) is 4.57 Å². The van der Waals surface area contributed by atoms with Gasteiger partial charge in [-0.3, -0.25) is 4.79 Å². The van der Waals surface area contributed by atoms with E-state index in [1.807, 2.05) is 0 Å².